The smallest absolute Gasteiger partial charge is 0.224 e. The second-order valence-electron chi connectivity index (χ2n) is 3.68. The molecule has 2 N–H and O–H groups in total. The summed E-state index contributed by atoms with van der Waals surface area (Å²) in [6.07, 6.45) is 6.05. The van der Waals surface area contributed by atoms with Crippen molar-refractivity contribution >= 4 is 23.4 Å². The van der Waals surface area contributed by atoms with Crippen molar-refractivity contribution in [3.8, 4) is 0 Å². The molecule has 0 aliphatic carbocycles. The van der Waals surface area contributed by atoms with Gasteiger partial charge in [0.2, 0.25) is 5.95 Å². The van der Waals surface area contributed by atoms with Crippen molar-refractivity contribution in [2.45, 2.75) is 6.42 Å². The van der Waals surface area contributed by atoms with Crippen LogP contribution in [0.4, 0.5) is 11.8 Å². The lowest BCUT2D eigenvalue weighted by molar-refractivity contribution is 0.988. The Bertz CT molecular complexity index is 503. The SMILES string of the molecule is CNc1ncc(Cl)c(NCCc2cccnc2)n1. The first-order valence-electron chi connectivity index (χ1n) is 5.62. The van der Waals surface area contributed by atoms with E-state index in [4.69, 9.17) is 11.6 Å². The molecular weight excluding hydrogens is 250 g/mol. The highest BCUT2D eigenvalue weighted by molar-refractivity contribution is 6.32. The van der Waals surface area contributed by atoms with Crippen molar-refractivity contribution in [1.82, 2.24) is 15.0 Å². The fourth-order valence-corrected chi connectivity index (χ4v) is 1.64. The van der Waals surface area contributed by atoms with E-state index in [0.29, 0.717) is 16.8 Å². The van der Waals surface area contributed by atoms with Crippen LogP contribution in [0.2, 0.25) is 5.02 Å². The Balaban J connectivity index is 1.94. The van der Waals surface area contributed by atoms with E-state index in [9.17, 15) is 0 Å². The summed E-state index contributed by atoms with van der Waals surface area (Å²) in [5.74, 6) is 1.18. The molecule has 0 amide bonds. The summed E-state index contributed by atoms with van der Waals surface area (Å²) < 4.78 is 0. The van der Waals surface area contributed by atoms with Gasteiger partial charge in [-0.15, -0.1) is 0 Å². The van der Waals surface area contributed by atoms with E-state index in [1.54, 1.807) is 19.4 Å². The number of hydrogen-bond donors (Lipinski definition) is 2. The molecule has 0 unspecified atom stereocenters. The molecule has 0 aliphatic rings. The Morgan fingerprint density at radius 1 is 1.33 bits per heavy atom. The molecule has 0 saturated heterocycles. The quantitative estimate of drug-likeness (QED) is 0.866. The summed E-state index contributed by atoms with van der Waals surface area (Å²) in [7, 11) is 1.77. The molecule has 0 saturated carbocycles. The van der Waals surface area contributed by atoms with Crippen LogP contribution < -0.4 is 10.6 Å². The van der Waals surface area contributed by atoms with Gasteiger partial charge in [0.15, 0.2) is 0 Å². The lowest BCUT2D eigenvalue weighted by Gasteiger charge is -2.08. The third-order valence-corrected chi connectivity index (χ3v) is 2.67. The van der Waals surface area contributed by atoms with Crippen molar-refractivity contribution < 1.29 is 0 Å². The second kappa shape index (κ2) is 6.16. The maximum absolute atomic E-state index is 6.01. The first-order valence-corrected chi connectivity index (χ1v) is 6.00. The van der Waals surface area contributed by atoms with E-state index in [-0.39, 0.29) is 0 Å². The van der Waals surface area contributed by atoms with Gasteiger partial charge in [-0.3, -0.25) is 4.98 Å². The zero-order chi connectivity index (χ0) is 12.8. The lowest BCUT2D eigenvalue weighted by atomic mass is 10.2. The normalized spacial score (nSPS) is 10.1. The van der Waals surface area contributed by atoms with Crippen molar-refractivity contribution in [2.24, 2.45) is 0 Å². The first kappa shape index (κ1) is 12.6. The van der Waals surface area contributed by atoms with E-state index in [1.807, 2.05) is 18.3 Å². The lowest BCUT2D eigenvalue weighted by Crippen LogP contribution is -2.08. The van der Waals surface area contributed by atoms with Crippen molar-refractivity contribution in [2.75, 3.05) is 24.2 Å². The molecule has 5 nitrogen and oxygen atoms in total. The van der Waals surface area contributed by atoms with Gasteiger partial charge in [0.1, 0.15) is 10.8 Å². The number of halogens is 1. The molecule has 0 aromatic carbocycles. The van der Waals surface area contributed by atoms with Crippen LogP contribution in [0.15, 0.2) is 30.7 Å². The Morgan fingerprint density at radius 3 is 2.94 bits per heavy atom. The molecule has 0 atom stereocenters. The Kier molecular flexibility index (Phi) is 4.30. The molecule has 2 aromatic rings. The fourth-order valence-electron chi connectivity index (χ4n) is 1.48. The molecule has 0 aliphatic heterocycles. The number of anilines is 2. The topological polar surface area (TPSA) is 62.7 Å². The van der Waals surface area contributed by atoms with Crippen LogP contribution in [-0.2, 0) is 6.42 Å². The predicted octanol–water partition coefficient (Wildman–Crippen LogP) is 2.22. The summed E-state index contributed by atoms with van der Waals surface area (Å²) in [4.78, 5) is 12.3. The number of nitrogens with one attached hydrogen (secondary N) is 2. The van der Waals surface area contributed by atoms with E-state index in [1.165, 1.54) is 5.56 Å². The van der Waals surface area contributed by atoms with Gasteiger partial charge in [-0.25, -0.2) is 4.98 Å². The molecule has 6 heteroatoms. The number of nitrogens with zero attached hydrogens (tertiary/aromatic N) is 3. The highest BCUT2D eigenvalue weighted by atomic mass is 35.5. The monoisotopic (exact) mass is 263 g/mol. The van der Waals surface area contributed by atoms with E-state index >= 15 is 0 Å². The highest BCUT2D eigenvalue weighted by Crippen LogP contribution is 2.18. The average molecular weight is 264 g/mol. The van der Waals surface area contributed by atoms with E-state index in [0.717, 1.165) is 13.0 Å². The predicted molar refractivity (Wildman–Crippen MR) is 73.0 cm³/mol. The minimum absolute atomic E-state index is 0.514. The van der Waals surface area contributed by atoms with Gasteiger partial charge >= 0.3 is 0 Å². The van der Waals surface area contributed by atoms with Gasteiger partial charge < -0.3 is 10.6 Å². The molecule has 0 bridgehead atoms. The molecule has 18 heavy (non-hydrogen) atoms. The molecule has 0 spiro atoms. The third kappa shape index (κ3) is 3.30. The number of hydrogen-bond acceptors (Lipinski definition) is 5. The van der Waals surface area contributed by atoms with Crippen LogP contribution in [0.5, 0.6) is 0 Å². The van der Waals surface area contributed by atoms with Gasteiger partial charge in [-0.05, 0) is 18.1 Å². The summed E-state index contributed by atoms with van der Waals surface area (Å²) in [5.41, 5.74) is 1.17. The average Bonchev–Trinajstić information content (AvgIpc) is 2.42. The van der Waals surface area contributed by atoms with Gasteiger partial charge in [0.05, 0.1) is 6.20 Å². The summed E-state index contributed by atoms with van der Waals surface area (Å²) in [6.45, 7) is 0.742. The maximum atomic E-state index is 6.01. The molecule has 2 rings (SSSR count). The highest BCUT2D eigenvalue weighted by Gasteiger charge is 2.03. The maximum Gasteiger partial charge on any atom is 0.224 e. The van der Waals surface area contributed by atoms with Gasteiger partial charge in [-0.2, -0.15) is 4.98 Å². The van der Waals surface area contributed by atoms with Crippen molar-refractivity contribution in [1.29, 1.82) is 0 Å². The van der Waals surface area contributed by atoms with Crippen LogP contribution in [0.3, 0.4) is 0 Å². The van der Waals surface area contributed by atoms with Gasteiger partial charge in [0.25, 0.3) is 0 Å². The van der Waals surface area contributed by atoms with E-state index < -0.39 is 0 Å². The molecular formula is C12H14ClN5. The molecule has 2 heterocycles. The van der Waals surface area contributed by atoms with Crippen LogP contribution in [0.25, 0.3) is 0 Å². The largest absolute Gasteiger partial charge is 0.368 e. The Labute approximate surface area is 111 Å². The molecule has 0 fully saturated rings. The molecule has 0 radical (unpaired) electrons. The zero-order valence-corrected chi connectivity index (χ0v) is 10.8. The van der Waals surface area contributed by atoms with Crippen LogP contribution in [-0.4, -0.2) is 28.5 Å². The standard InChI is InChI=1S/C12H14ClN5/c1-14-12-17-8-10(13)11(18-12)16-6-4-9-3-2-5-15-7-9/h2-3,5,7-8H,4,6H2,1H3,(H2,14,16,17,18). The molecule has 2 aromatic heterocycles. The third-order valence-electron chi connectivity index (χ3n) is 2.40. The minimum atomic E-state index is 0.514. The van der Waals surface area contributed by atoms with Crippen molar-refractivity contribution in [3.05, 3.63) is 41.3 Å². The fraction of sp³-hybridized carbons (Fsp3) is 0.250. The van der Waals surface area contributed by atoms with Crippen LogP contribution in [0.1, 0.15) is 5.56 Å². The first-order chi connectivity index (χ1) is 8.79. The summed E-state index contributed by atoms with van der Waals surface area (Å²) in [5, 5.41) is 6.57. The van der Waals surface area contributed by atoms with Gasteiger partial charge in [-0.1, -0.05) is 17.7 Å². The van der Waals surface area contributed by atoms with Crippen LogP contribution in [0, 0.1) is 0 Å². The summed E-state index contributed by atoms with van der Waals surface area (Å²) >= 11 is 6.01. The minimum Gasteiger partial charge on any atom is -0.368 e. The Morgan fingerprint density at radius 2 is 2.22 bits per heavy atom. The second-order valence-corrected chi connectivity index (χ2v) is 4.09. The molecule has 94 valence electrons. The number of pyridine rings is 1. The Hall–Kier alpha value is -1.88. The zero-order valence-electron chi connectivity index (χ0n) is 10.0. The number of rotatable bonds is 5. The van der Waals surface area contributed by atoms with Crippen molar-refractivity contribution in [3.63, 3.8) is 0 Å². The number of aromatic nitrogens is 3. The van der Waals surface area contributed by atoms with Gasteiger partial charge in [0, 0.05) is 26.0 Å². The summed E-state index contributed by atoms with van der Waals surface area (Å²) in [6, 6.07) is 3.96. The van der Waals surface area contributed by atoms with E-state index in [2.05, 4.69) is 25.6 Å². The van der Waals surface area contributed by atoms with Crippen LogP contribution >= 0.6 is 11.6 Å².